The second kappa shape index (κ2) is 5.62. The smallest absolute Gasteiger partial charge is 0.159 e. The highest BCUT2D eigenvalue weighted by Crippen LogP contribution is 2.31. The van der Waals surface area contributed by atoms with Gasteiger partial charge >= 0.3 is 0 Å². The first-order valence-corrected chi connectivity index (χ1v) is 7.61. The topological polar surface area (TPSA) is 42.7 Å². The molecule has 0 saturated heterocycles. The summed E-state index contributed by atoms with van der Waals surface area (Å²) in [5, 5.41) is 4.23. The van der Waals surface area contributed by atoms with Gasteiger partial charge in [-0.1, -0.05) is 23.2 Å². The molecule has 0 saturated carbocycles. The maximum atomic E-state index is 6.31. The van der Waals surface area contributed by atoms with Crippen LogP contribution in [0.1, 0.15) is 31.2 Å². The molecule has 2 heterocycles. The van der Waals surface area contributed by atoms with Crippen LogP contribution >= 0.6 is 23.2 Å². The standard InChI is InChI=1S/C14H16Cl2N4/c1-2-17-13-9(15)7-10(16)14(19-13)20-8-18-11-5-3-4-6-12(11)20/h7-8H,2-6H2,1H3,(H,17,19). The van der Waals surface area contributed by atoms with E-state index in [9.17, 15) is 0 Å². The third-order valence-corrected chi connectivity index (χ3v) is 4.08. The fraction of sp³-hybridized carbons (Fsp3) is 0.429. The number of halogens is 2. The lowest BCUT2D eigenvalue weighted by atomic mass is 10.0. The molecule has 0 aliphatic heterocycles. The van der Waals surface area contributed by atoms with Crippen molar-refractivity contribution in [2.24, 2.45) is 0 Å². The largest absolute Gasteiger partial charge is 0.369 e. The average Bonchev–Trinajstić information content (AvgIpc) is 2.86. The van der Waals surface area contributed by atoms with Crippen molar-refractivity contribution in [3.05, 3.63) is 33.8 Å². The van der Waals surface area contributed by atoms with E-state index in [1.54, 1.807) is 6.07 Å². The summed E-state index contributed by atoms with van der Waals surface area (Å²) in [5.74, 6) is 1.36. The Morgan fingerprint density at radius 1 is 1.25 bits per heavy atom. The van der Waals surface area contributed by atoms with Crippen LogP contribution in [-0.2, 0) is 12.8 Å². The lowest BCUT2D eigenvalue weighted by Crippen LogP contribution is -2.10. The van der Waals surface area contributed by atoms with Gasteiger partial charge in [-0.3, -0.25) is 4.57 Å². The van der Waals surface area contributed by atoms with Crippen LogP contribution < -0.4 is 5.32 Å². The van der Waals surface area contributed by atoms with E-state index in [0.29, 0.717) is 21.7 Å². The van der Waals surface area contributed by atoms with E-state index >= 15 is 0 Å². The SMILES string of the molecule is CCNc1nc(-n2cnc3c2CCCC3)c(Cl)cc1Cl. The lowest BCUT2D eigenvalue weighted by Gasteiger charge is -2.15. The van der Waals surface area contributed by atoms with Gasteiger partial charge in [-0.05, 0) is 38.7 Å². The van der Waals surface area contributed by atoms with Crippen molar-refractivity contribution in [2.45, 2.75) is 32.6 Å². The number of nitrogens with one attached hydrogen (secondary N) is 1. The molecule has 1 aliphatic carbocycles. The molecule has 0 aromatic carbocycles. The molecule has 0 radical (unpaired) electrons. The minimum absolute atomic E-state index is 0.537. The number of hydrogen-bond donors (Lipinski definition) is 1. The number of fused-ring (bicyclic) bond motifs is 1. The highest BCUT2D eigenvalue weighted by molar-refractivity contribution is 6.36. The summed E-state index contributed by atoms with van der Waals surface area (Å²) < 4.78 is 1.99. The van der Waals surface area contributed by atoms with Gasteiger partial charge in [0.1, 0.15) is 12.1 Å². The number of pyridine rings is 1. The Labute approximate surface area is 128 Å². The van der Waals surface area contributed by atoms with Crippen LogP contribution in [-0.4, -0.2) is 21.1 Å². The molecule has 3 rings (SSSR count). The van der Waals surface area contributed by atoms with Gasteiger partial charge in [-0.2, -0.15) is 0 Å². The third-order valence-electron chi connectivity index (χ3n) is 3.51. The molecule has 0 bridgehead atoms. The first-order valence-electron chi connectivity index (χ1n) is 6.86. The summed E-state index contributed by atoms with van der Waals surface area (Å²) in [7, 11) is 0. The van der Waals surface area contributed by atoms with Crippen molar-refractivity contribution in [2.75, 3.05) is 11.9 Å². The summed E-state index contributed by atoms with van der Waals surface area (Å²) in [6.07, 6.45) is 6.26. The highest BCUT2D eigenvalue weighted by atomic mass is 35.5. The predicted octanol–water partition coefficient (Wildman–Crippen LogP) is 3.88. The first kappa shape index (κ1) is 13.7. The van der Waals surface area contributed by atoms with Gasteiger partial charge in [0.15, 0.2) is 5.82 Å². The molecule has 20 heavy (non-hydrogen) atoms. The van der Waals surface area contributed by atoms with E-state index in [1.807, 2.05) is 17.8 Å². The molecule has 1 aliphatic rings. The molecule has 0 unspecified atom stereocenters. The summed E-state index contributed by atoms with van der Waals surface area (Å²) in [6.45, 7) is 2.77. The zero-order valence-corrected chi connectivity index (χ0v) is 12.8. The average molecular weight is 311 g/mol. The minimum atomic E-state index is 0.537. The molecule has 0 spiro atoms. The Morgan fingerprint density at radius 3 is 2.85 bits per heavy atom. The third kappa shape index (κ3) is 2.38. The molecule has 0 fully saturated rings. The van der Waals surface area contributed by atoms with Crippen molar-refractivity contribution in [3.8, 4) is 5.82 Å². The molecular weight excluding hydrogens is 295 g/mol. The van der Waals surface area contributed by atoms with E-state index in [1.165, 1.54) is 18.5 Å². The molecular formula is C14H16Cl2N4. The number of nitrogens with zero attached hydrogens (tertiary/aromatic N) is 3. The van der Waals surface area contributed by atoms with Crippen molar-refractivity contribution >= 4 is 29.0 Å². The van der Waals surface area contributed by atoms with Crippen LogP contribution in [0.5, 0.6) is 0 Å². The monoisotopic (exact) mass is 310 g/mol. The highest BCUT2D eigenvalue weighted by Gasteiger charge is 2.19. The van der Waals surface area contributed by atoms with Crippen molar-refractivity contribution in [1.29, 1.82) is 0 Å². The van der Waals surface area contributed by atoms with Crippen LogP contribution in [0, 0.1) is 0 Å². The number of anilines is 1. The second-order valence-electron chi connectivity index (χ2n) is 4.87. The fourth-order valence-electron chi connectivity index (χ4n) is 2.57. The van der Waals surface area contributed by atoms with Crippen molar-refractivity contribution in [1.82, 2.24) is 14.5 Å². The first-order chi connectivity index (χ1) is 9.70. The zero-order chi connectivity index (χ0) is 14.1. The molecule has 2 aromatic heterocycles. The van der Waals surface area contributed by atoms with Gasteiger partial charge in [-0.25, -0.2) is 9.97 Å². The fourth-order valence-corrected chi connectivity index (χ4v) is 3.09. The van der Waals surface area contributed by atoms with Crippen LogP contribution in [0.3, 0.4) is 0 Å². The molecule has 1 N–H and O–H groups in total. The van der Waals surface area contributed by atoms with Gasteiger partial charge in [0.25, 0.3) is 0 Å². The minimum Gasteiger partial charge on any atom is -0.369 e. The van der Waals surface area contributed by atoms with Crippen molar-refractivity contribution < 1.29 is 0 Å². The van der Waals surface area contributed by atoms with E-state index in [2.05, 4.69) is 15.3 Å². The van der Waals surface area contributed by atoms with E-state index in [-0.39, 0.29) is 0 Å². The molecule has 4 nitrogen and oxygen atoms in total. The molecule has 0 atom stereocenters. The van der Waals surface area contributed by atoms with Crippen LogP contribution in [0.4, 0.5) is 5.82 Å². The molecule has 0 amide bonds. The van der Waals surface area contributed by atoms with Crippen LogP contribution in [0.15, 0.2) is 12.4 Å². The maximum absolute atomic E-state index is 6.31. The van der Waals surface area contributed by atoms with E-state index in [0.717, 1.165) is 25.1 Å². The van der Waals surface area contributed by atoms with Crippen LogP contribution in [0.2, 0.25) is 10.0 Å². The van der Waals surface area contributed by atoms with Gasteiger partial charge in [0.2, 0.25) is 0 Å². The number of aromatic nitrogens is 3. The summed E-state index contributed by atoms with van der Waals surface area (Å²) in [5.41, 5.74) is 2.38. The summed E-state index contributed by atoms with van der Waals surface area (Å²) in [6, 6.07) is 1.73. The zero-order valence-electron chi connectivity index (χ0n) is 11.3. The quantitative estimate of drug-likeness (QED) is 0.935. The van der Waals surface area contributed by atoms with Gasteiger partial charge < -0.3 is 5.32 Å². The van der Waals surface area contributed by atoms with Crippen LogP contribution in [0.25, 0.3) is 5.82 Å². The Bertz CT molecular complexity index is 636. The maximum Gasteiger partial charge on any atom is 0.159 e. The molecule has 2 aromatic rings. The summed E-state index contributed by atoms with van der Waals surface area (Å²) in [4.78, 5) is 9.04. The van der Waals surface area contributed by atoms with E-state index < -0.39 is 0 Å². The van der Waals surface area contributed by atoms with E-state index in [4.69, 9.17) is 23.2 Å². The Balaban J connectivity index is 2.09. The van der Waals surface area contributed by atoms with Gasteiger partial charge in [-0.15, -0.1) is 0 Å². The van der Waals surface area contributed by atoms with Gasteiger partial charge in [0, 0.05) is 12.2 Å². The number of rotatable bonds is 3. The Kier molecular flexibility index (Phi) is 3.85. The Hall–Kier alpha value is -1.26. The van der Waals surface area contributed by atoms with Gasteiger partial charge in [0.05, 0.1) is 15.7 Å². The molecule has 106 valence electrons. The number of hydrogen-bond acceptors (Lipinski definition) is 3. The Morgan fingerprint density at radius 2 is 2.05 bits per heavy atom. The summed E-state index contributed by atoms with van der Waals surface area (Å²) >= 11 is 12.5. The second-order valence-corrected chi connectivity index (χ2v) is 5.68. The molecule has 6 heteroatoms. The lowest BCUT2D eigenvalue weighted by molar-refractivity contribution is 0.654. The predicted molar refractivity (Wildman–Crippen MR) is 82.2 cm³/mol. The normalized spacial score (nSPS) is 14.2. The number of aryl methyl sites for hydroxylation is 1. The van der Waals surface area contributed by atoms with Crippen molar-refractivity contribution in [3.63, 3.8) is 0 Å². The number of imidazole rings is 1.